The number of carbonyl (C=O) groups excluding carboxylic acids is 2. The molecule has 6 rings (SSSR count). The lowest BCUT2D eigenvalue weighted by Crippen LogP contribution is -2.50. The van der Waals surface area contributed by atoms with E-state index < -0.39 is 0 Å². The molecular weight excluding hydrogens is 458 g/mol. The predicted octanol–water partition coefficient (Wildman–Crippen LogP) is 5.66. The zero-order chi connectivity index (χ0) is 25.2. The largest absolute Gasteiger partial charge is 0.378 e. The lowest BCUT2D eigenvalue weighted by Gasteiger charge is -2.42. The topological polar surface area (TPSA) is 61.4 Å². The van der Waals surface area contributed by atoms with E-state index in [1.807, 2.05) is 30.3 Å². The SMILES string of the molecule is O=C(Cc1ccccc1)N[C@@H]1CCCC[C@@H]1C(=O)N1CC[C@@H]2C(c3ccccc3)Nc3ccccc3[C@@H]21. The van der Waals surface area contributed by atoms with Crippen LogP contribution in [0.15, 0.2) is 84.9 Å². The highest BCUT2D eigenvalue weighted by atomic mass is 16.2. The first kappa shape index (κ1) is 23.8. The van der Waals surface area contributed by atoms with E-state index in [1.54, 1.807) is 0 Å². The summed E-state index contributed by atoms with van der Waals surface area (Å²) in [7, 11) is 0. The molecule has 5 atom stereocenters. The molecule has 1 unspecified atom stereocenters. The third kappa shape index (κ3) is 4.75. The normalized spacial score (nSPS) is 26.5. The molecule has 0 spiro atoms. The van der Waals surface area contributed by atoms with Gasteiger partial charge in [0, 0.05) is 24.2 Å². The Morgan fingerprint density at radius 1 is 0.838 bits per heavy atom. The number of nitrogens with zero attached hydrogens (tertiary/aromatic N) is 1. The van der Waals surface area contributed by atoms with Crippen molar-refractivity contribution in [1.29, 1.82) is 0 Å². The average molecular weight is 494 g/mol. The molecule has 5 nitrogen and oxygen atoms in total. The standard InChI is InChI=1S/C32H35N3O2/c36-29(21-22-11-3-1-4-12-22)33-28-18-10-8-16-25(28)32(37)35-20-19-26-30(23-13-5-2-6-14-23)34-27-17-9-7-15-24(27)31(26)35/h1-7,9,11-15,17,25-26,28,30-31,34H,8,10,16,18-21H2,(H,33,36)/t25-,26+,28+,30?,31-/m0/s1. The second-order valence-corrected chi connectivity index (χ2v) is 10.8. The van der Waals surface area contributed by atoms with Crippen molar-refractivity contribution in [2.24, 2.45) is 11.8 Å². The molecule has 0 radical (unpaired) electrons. The van der Waals surface area contributed by atoms with Crippen molar-refractivity contribution in [3.8, 4) is 0 Å². The Kier molecular flexibility index (Phi) is 6.69. The minimum absolute atomic E-state index is 0.00607. The Morgan fingerprint density at radius 3 is 2.35 bits per heavy atom. The maximum Gasteiger partial charge on any atom is 0.228 e. The van der Waals surface area contributed by atoms with E-state index in [4.69, 9.17) is 0 Å². The second kappa shape index (κ2) is 10.4. The smallest absolute Gasteiger partial charge is 0.228 e. The van der Waals surface area contributed by atoms with Gasteiger partial charge in [0.1, 0.15) is 0 Å². The number of hydrogen-bond donors (Lipinski definition) is 2. The molecule has 2 aliphatic heterocycles. The molecule has 0 bridgehead atoms. The molecule has 1 saturated carbocycles. The average Bonchev–Trinajstić information content (AvgIpc) is 3.39. The van der Waals surface area contributed by atoms with E-state index in [0.29, 0.717) is 12.3 Å². The molecule has 5 heteroatoms. The maximum atomic E-state index is 14.2. The van der Waals surface area contributed by atoms with Gasteiger partial charge in [-0.15, -0.1) is 0 Å². The number of benzene rings is 3. The van der Waals surface area contributed by atoms with Crippen LogP contribution in [-0.2, 0) is 16.0 Å². The molecule has 1 saturated heterocycles. The first-order valence-corrected chi connectivity index (χ1v) is 13.7. The van der Waals surface area contributed by atoms with E-state index in [2.05, 4.69) is 70.1 Å². The summed E-state index contributed by atoms with van der Waals surface area (Å²) in [5.41, 5.74) is 4.60. The highest BCUT2D eigenvalue weighted by Gasteiger charge is 2.48. The van der Waals surface area contributed by atoms with Crippen LogP contribution in [-0.4, -0.2) is 29.3 Å². The summed E-state index contributed by atoms with van der Waals surface area (Å²) < 4.78 is 0. The molecule has 37 heavy (non-hydrogen) atoms. The monoisotopic (exact) mass is 493 g/mol. The summed E-state index contributed by atoms with van der Waals surface area (Å²) in [6.45, 7) is 0.759. The fraction of sp³-hybridized carbons (Fsp3) is 0.375. The molecule has 190 valence electrons. The number of amides is 2. The minimum Gasteiger partial charge on any atom is -0.378 e. The zero-order valence-electron chi connectivity index (χ0n) is 21.2. The molecule has 2 N–H and O–H groups in total. The lowest BCUT2D eigenvalue weighted by molar-refractivity contribution is -0.139. The molecule has 2 amide bonds. The van der Waals surface area contributed by atoms with E-state index >= 15 is 0 Å². The number of likely N-dealkylation sites (tertiary alicyclic amines) is 1. The van der Waals surface area contributed by atoms with Crippen molar-refractivity contribution in [2.75, 3.05) is 11.9 Å². The van der Waals surface area contributed by atoms with Gasteiger partial charge in [0.25, 0.3) is 0 Å². The van der Waals surface area contributed by atoms with Crippen LogP contribution in [0.1, 0.15) is 60.9 Å². The van der Waals surface area contributed by atoms with Crippen molar-refractivity contribution >= 4 is 17.5 Å². The number of fused-ring (bicyclic) bond motifs is 3. The van der Waals surface area contributed by atoms with Gasteiger partial charge in [-0.3, -0.25) is 9.59 Å². The van der Waals surface area contributed by atoms with Gasteiger partial charge < -0.3 is 15.5 Å². The van der Waals surface area contributed by atoms with E-state index in [1.165, 1.54) is 11.1 Å². The van der Waals surface area contributed by atoms with E-state index in [-0.39, 0.29) is 35.9 Å². The molecular formula is C32H35N3O2. The Bertz CT molecular complexity index is 1250. The Labute approximate surface area is 219 Å². The predicted molar refractivity (Wildman–Crippen MR) is 146 cm³/mol. The van der Waals surface area contributed by atoms with Crippen molar-refractivity contribution in [3.63, 3.8) is 0 Å². The summed E-state index contributed by atoms with van der Waals surface area (Å²) in [4.78, 5) is 29.3. The Hall–Kier alpha value is -3.60. The van der Waals surface area contributed by atoms with Gasteiger partial charge in [-0.05, 0) is 42.0 Å². The third-order valence-corrected chi connectivity index (χ3v) is 8.54. The highest BCUT2D eigenvalue weighted by molar-refractivity contribution is 5.83. The summed E-state index contributed by atoms with van der Waals surface area (Å²) in [6, 6.07) is 29.0. The van der Waals surface area contributed by atoms with Crippen LogP contribution in [0.25, 0.3) is 0 Å². The van der Waals surface area contributed by atoms with Gasteiger partial charge in [-0.2, -0.15) is 0 Å². The molecule has 3 aromatic carbocycles. The number of hydrogen-bond acceptors (Lipinski definition) is 3. The second-order valence-electron chi connectivity index (χ2n) is 10.8. The molecule has 3 aromatic rings. The number of carbonyl (C=O) groups is 2. The van der Waals surface area contributed by atoms with Crippen molar-refractivity contribution < 1.29 is 9.59 Å². The number of nitrogens with one attached hydrogen (secondary N) is 2. The van der Waals surface area contributed by atoms with E-state index in [0.717, 1.165) is 49.9 Å². The van der Waals surface area contributed by atoms with Crippen LogP contribution < -0.4 is 10.6 Å². The molecule has 2 heterocycles. The minimum atomic E-state index is -0.163. The van der Waals surface area contributed by atoms with Gasteiger partial charge in [-0.1, -0.05) is 91.7 Å². The van der Waals surface area contributed by atoms with Crippen LogP contribution >= 0.6 is 0 Å². The zero-order valence-corrected chi connectivity index (χ0v) is 21.2. The summed E-state index contributed by atoms with van der Waals surface area (Å²) >= 11 is 0. The van der Waals surface area contributed by atoms with Crippen LogP contribution in [0, 0.1) is 11.8 Å². The molecule has 1 aliphatic carbocycles. The van der Waals surface area contributed by atoms with Crippen molar-refractivity contribution in [3.05, 3.63) is 102 Å². The number of para-hydroxylation sites is 1. The van der Waals surface area contributed by atoms with E-state index in [9.17, 15) is 9.59 Å². The molecule has 0 aromatic heterocycles. The number of rotatable bonds is 5. The maximum absolute atomic E-state index is 14.2. The first-order chi connectivity index (χ1) is 18.2. The van der Waals surface area contributed by atoms with Crippen LogP contribution in [0.3, 0.4) is 0 Å². The van der Waals surface area contributed by atoms with Crippen LogP contribution in [0.4, 0.5) is 5.69 Å². The van der Waals surface area contributed by atoms with Gasteiger partial charge >= 0.3 is 0 Å². The fourth-order valence-corrected chi connectivity index (χ4v) is 6.81. The Balaban J connectivity index is 1.24. The summed E-state index contributed by atoms with van der Waals surface area (Å²) in [5, 5.41) is 7.04. The first-order valence-electron chi connectivity index (χ1n) is 13.7. The van der Waals surface area contributed by atoms with Crippen LogP contribution in [0.5, 0.6) is 0 Å². The summed E-state index contributed by atoms with van der Waals surface area (Å²) in [5.74, 6) is 0.368. The van der Waals surface area contributed by atoms with Gasteiger partial charge in [0.05, 0.1) is 24.4 Å². The van der Waals surface area contributed by atoms with Gasteiger partial charge in [-0.25, -0.2) is 0 Å². The molecule has 3 aliphatic rings. The highest BCUT2D eigenvalue weighted by Crippen LogP contribution is 2.51. The van der Waals surface area contributed by atoms with Crippen molar-refractivity contribution in [1.82, 2.24) is 10.2 Å². The van der Waals surface area contributed by atoms with Gasteiger partial charge in [0.15, 0.2) is 0 Å². The van der Waals surface area contributed by atoms with Crippen LogP contribution in [0.2, 0.25) is 0 Å². The lowest BCUT2D eigenvalue weighted by atomic mass is 9.79. The summed E-state index contributed by atoms with van der Waals surface area (Å²) in [6.07, 6.45) is 5.11. The third-order valence-electron chi connectivity index (χ3n) is 8.54. The van der Waals surface area contributed by atoms with Gasteiger partial charge in [0.2, 0.25) is 11.8 Å². The fourth-order valence-electron chi connectivity index (χ4n) is 6.81. The number of anilines is 1. The quantitative estimate of drug-likeness (QED) is 0.482. The Morgan fingerprint density at radius 2 is 1.54 bits per heavy atom. The molecule has 2 fully saturated rings. The van der Waals surface area contributed by atoms with Crippen molar-refractivity contribution in [2.45, 2.75) is 56.7 Å².